The van der Waals surface area contributed by atoms with Crippen LogP contribution in [-0.2, 0) is 5.41 Å². The van der Waals surface area contributed by atoms with E-state index >= 15 is 0 Å². The highest BCUT2D eigenvalue weighted by atomic mass is 127. The summed E-state index contributed by atoms with van der Waals surface area (Å²) in [4.78, 5) is 4.66. The molecule has 2 aromatic heterocycles. The molecule has 0 aliphatic heterocycles. The van der Waals surface area contributed by atoms with Crippen molar-refractivity contribution in [1.82, 2.24) is 7.76 Å². The molecule has 0 spiro atoms. The molecule has 0 amide bonds. The maximum Gasteiger partial charge on any atom is 0.149 e. The molecule has 0 saturated heterocycles. The lowest BCUT2D eigenvalue weighted by molar-refractivity contribution is 0.571. The number of hydrogen-bond donors (Lipinski definition) is 0. The molecule has 0 fully saturated rings. The topological polar surface area (TPSA) is 17.8 Å². The molecule has 2 nitrogen and oxygen atoms in total. The summed E-state index contributed by atoms with van der Waals surface area (Å²) < 4.78 is 2.03. The molecule has 2 heterocycles. The van der Waals surface area contributed by atoms with Crippen molar-refractivity contribution in [2.75, 3.05) is 0 Å². The quantitative estimate of drug-likeness (QED) is 0.681. The molecule has 0 N–H and O–H groups in total. The van der Waals surface area contributed by atoms with Crippen LogP contribution in [-0.4, -0.2) is 7.76 Å². The summed E-state index contributed by atoms with van der Waals surface area (Å²) in [6.45, 7) is 6.55. The Balaban J connectivity index is 2.66. The number of hydrogen-bond acceptors (Lipinski definition) is 1. The Morgan fingerprint density at radius 3 is 2.57 bits per heavy atom. The van der Waals surface area contributed by atoms with Gasteiger partial charge in [-0.15, -0.1) is 0 Å². The van der Waals surface area contributed by atoms with Crippen molar-refractivity contribution < 1.29 is 0 Å². The highest BCUT2D eigenvalue weighted by Crippen LogP contribution is 2.24. The maximum atomic E-state index is 4.66. The summed E-state index contributed by atoms with van der Waals surface area (Å²) in [6.07, 6.45) is 2.03. The van der Waals surface area contributed by atoms with Crippen molar-refractivity contribution in [1.29, 1.82) is 0 Å². The van der Waals surface area contributed by atoms with E-state index in [-0.39, 0.29) is 5.41 Å². The van der Waals surface area contributed by atoms with Crippen molar-refractivity contribution in [3.63, 3.8) is 0 Å². The molecule has 0 radical (unpaired) electrons. The zero-order valence-corrected chi connectivity index (χ0v) is 10.7. The number of rotatable bonds is 0. The predicted octanol–water partition coefficient (Wildman–Crippen LogP) is 3.53. The van der Waals surface area contributed by atoms with Gasteiger partial charge in [-0.25, -0.2) is 4.98 Å². The molecule has 0 atom stereocenters. The van der Waals surface area contributed by atoms with Gasteiger partial charge >= 0.3 is 0 Å². The first-order valence-electron chi connectivity index (χ1n) is 4.63. The Labute approximate surface area is 97.8 Å². The first-order valence-corrected chi connectivity index (χ1v) is 5.60. The van der Waals surface area contributed by atoms with Gasteiger partial charge in [-0.2, -0.15) is 0 Å². The van der Waals surface area contributed by atoms with Gasteiger partial charge in [-0.1, -0.05) is 20.8 Å². The van der Waals surface area contributed by atoms with Crippen molar-refractivity contribution in [3.8, 4) is 0 Å². The van der Waals surface area contributed by atoms with E-state index in [1.165, 1.54) is 5.39 Å². The molecule has 0 saturated carbocycles. The van der Waals surface area contributed by atoms with Gasteiger partial charge in [-0.3, -0.25) is 2.78 Å². The van der Waals surface area contributed by atoms with E-state index in [0.29, 0.717) is 0 Å². The van der Waals surface area contributed by atoms with Gasteiger partial charge in [0, 0.05) is 22.7 Å². The smallest absolute Gasteiger partial charge is 0.149 e. The minimum Gasteiger partial charge on any atom is -0.274 e. The van der Waals surface area contributed by atoms with Gasteiger partial charge in [-0.05, 0) is 18.2 Å². The standard InChI is InChI=1S/C11H13IN2/c1-11(2,3)9-5-4-8-6-7-14(12)10(8)13-9/h4-7H,1-3H3. The molecule has 0 aliphatic rings. The predicted molar refractivity (Wildman–Crippen MR) is 67.9 cm³/mol. The summed E-state index contributed by atoms with van der Waals surface area (Å²) >= 11 is 2.25. The number of pyridine rings is 1. The zero-order chi connectivity index (χ0) is 10.3. The van der Waals surface area contributed by atoms with Crippen molar-refractivity contribution >= 4 is 33.9 Å². The fourth-order valence-corrected chi connectivity index (χ4v) is 1.94. The second-order valence-corrected chi connectivity index (χ2v) is 5.53. The van der Waals surface area contributed by atoms with E-state index in [2.05, 4.69) is 66.8 Å². The Bertz CT molecular complexity index is 466. The van der Waals surface area contributed by atoms with Crippen molar-refractivity contribution in [3.05, 3.63) is 30.1 Å². The second-order valence-electron chi connectivity index (χ2n) is 4.49. The molecule has 2 rings (SSSR count). The van der Waals surface area contributed by atoms with E-state index in [9.17, 15) is 0 Å². The third kappa shape index (κ3) is 1.65. The van der Waals surface area contributed by atoms with Crippen molar-refractivity contribution in [2.45, 2.75) is 26.2 Å². The average molecular weight is 300 g/mol. The molecule has 0 bridgehead atoms. The summed E-state index contributed by atoms with van der Waals surface area (Å²) in [6, 6.07) is 6.33. The second kappa shape index (κ2) is 3.22. The van der Waals surface area contributed by atoms with Crippen LogP contribution in [0.25, 0.3) is 11.0 Å². The lowest BCUT2D eigenvalue weighted by atomic mass is 9.91. The van der Waals surface area contributed by atoms with Crippen LogP contribution >= 0.6 is 22.9 Å². The first kappa shape index (κ1) is 9.96. The zero-order valence-electron chi connectivity index (χ0n) is 8.58. The van der Waals surface area contributed by atoms with Crippen LogP contribution in [0.3, 0.4) is 0 Å². The number of nitrogens with zero attached hydrogens (tertiary/aromatic N) is 2. The van der Waals surface area contributed by atoms with E-state index in [1.54, 1.807) is 0 Å². The lowest BCUT2D eigenvalue weighted by Gasteiger charge is -2.17. The van der Waals surface area contributed by atoms with Crippen LogP contribution in [0.15, 0.2) is 24.4 Å². The van der Waals surface area contributed by atoms with E-state index < -0.39 is 0 Å². The van der Waals surface area contributed by atoms with Gasteiger partial charge < -0.3 is 0 Å². The molecular formula is C11H13IN2. The highest BCUT2D eigenvalue weighted by molar-refractivity contribution is 14.1. The fourth-order valence-electron chi connectivity index (χ4n) is 1.39. The van der Waals surface area contributed by atoms with Crippen LogP contribution in [0.4, 0.5) is 0 Å². The monoisotopic (exact) mass is 300 g/mol. The minimum atomic E-state index is 0.120. The van der Waals surface area contributed by atoms with E-state index in [1.807, 2.05) is 8.98 Å². The summed E-state index contributed by atoms with van der Waals surface area (Å²) in [5, 5.41) is 1.20. The maximum absolute atomic E-state index is 4.66. The Morgan fingerprint density at radius 2 is 1.93 bits per heavy atom. The molecule has 3 heteroatoms. The molecular weight excluding hydrogens is 287 g/mol. The third-order valence-electron chi connectivity index (χ3n) is 2.26. The molecule has 0 aromatic carbocycles. The van der Waals surface area contributed by atoms with Crippen LogP contribution in [0.5, 0.6) is 0 Å². The Hall–Kier alpha value is -0.580. The lowest BCUT2D eigenvalue weighted by Crippen LogP contribution is -2.13. The third-order valence-corrected chi connectivity index (χ3v) is 3.04. The SMILES string of the molecule is CC(C)(C)c1ccc2ccn(I)c2n1. The van der Waals surface area contributed by atoms with Gasteiger partial charge in [0.1, 0.15) is 5.65 Å². The molecule has 2 aromatic rings. The molecule has 0 unspecified atom stereocenters. The van der Waals surface area contributed by atoms with Crippen LogP contribution in [0.1, 0.15) is 26.5 Å². The molecule has 74 valence electrons. The number of halogens is 1. The average Bonchev–Trinajstić information content (AvgIpc) is 2.46. The summed E-state index contributed by atoms with van der Waals surface area (Å²) in [7, 11) is 0. The summed E-state index contributed by atoms with van der Waals surface area (Å²) in [5.41, 5.74) is 2.31. The molecule has 0 aliphatic carbocycles. The van der Waals surface area contributed by atoms with E-state index in [0.717, 1.165) is 11.3 Å². The van der Waals surface area contributed by atoms with Gasteiger partial charge in [0.05, 0.1) is 22.9 Å². The Morgan fingerprint density at radius 1 is 1.21 bits per heavy atom. The van der Waals surface area contributed by atoms with Crippen LogP contribution in [0.2, 0.25) is 0 Å². The largest absolute Gasteiger partial charge is 0.274 e. The number of aromatic nitrogens is 2. The minimum absolute atomic E-state index is 0.120. The number of fused-ring (bicyclic) bond motifs is 1. The fraction of sp³-hybridized carbons (Fsp3) is 0.364. The normalized spacial score (nSPS) is 12.3. The van der Waals surface area contributed by atoms with Gasteiger partial charge in [0.25, 0.3) is 0 Å². The van der Waals surface area contributed by atoms with Crippen LogP contribution in [0, 0.1) is 0 Å². The van der Waals surface area contributed by atoms with Crippen molar-refractivity contribution in [2.24, 2.45) is 0 Å². The highest BCUT2D eigenvalue weighted by Gasteiger charge is 2.16. The molecule has 14 heavy (non-hydrogen) atoms. The first-order chi connectivity index (χ1) is 6.48. The van der Waals surface area contributed by atoms with Crippen LogP contribution < -0.4 is 0 Å². The van der Waals surface area contributed by atoms with Gasteiger partial charge in [0.15, 0.2) is 0 Å². The van der Waals surface area contributed by atoms with Gasteiger partial charge in [0.2, 0.25) is 0 Å². The summed E-state index contributed by atoms with van der Waals surface area (Å²) in [5.74, 6) is 0. The Kier molecular flexibility index (Phi) is 2.29. The van der Waals surface area contributed by atoms with E-state index in [4.69, 9.17) is 0 Å².